The van der Waals surface area contributed by atoms with Crippen molar-refractivity contribution in [3.63, 3.8) is 0 Å². The van der Waals surface area contributed by atoms with Gasteiger partial charge in [-0.2, -0.15) is 5.10 Å². The molecular formula is C21H22N6O2S. The molecule has 2 N–H and O–H groups in total. The molecule has 0 radical (unpaired) electrons. The van der Waals surface area contributed by atoms with Gasteiger partial charge in [0.05, 0.1) is 5.75 Å². The van der Waals surface area contributed by atoms with Gasteiger partial charge < -0.3 is 10.6 Å². The monoisotopic (exact) mass is 422 g/mol. The lowest BCUT2D eigenvalue weighted by molar-refractivity contribution is -0.113. The molecule has 9 heteroatoms. The fourth-order valence-electron chi connectivity index (χ4n) is 2.81. The van der Waals surface area contributed by atoms with Crippen molar-refractivity contribution in [2.45, 2.75) is 37.8 Å². The highest BCUT2D eigenvalue weighted by molar-refractivity contribution is 7.99. The summed E-state index contributed by atoms with van der Waals surface area (Å²) in [6, 6.07) is 9.50. The average Bonchev–Trinajstić information content (AvgIpc) is 3.41. The fourth-order valence-corrected chi connectivity index (χ4v) is 3.47. The van der Waals surface area contributed by atoms with E-state index in [9.17, 15) is 9.59 Å². The minimum atomic E-state index is -0.178. The van der Waals surface area contributed by atoms with Crippen molar-refractivity contribution in [1.29, 1.82) is 0 Å². The van der Waals surface area contributed by atoms with Crippen LogP contribution in [0.5, 0.6) is 0 Å². The van der Waals surface area contributed by atoms with Crippen LogP contribution >= 0.6 is 11.8 Å². The molecule has 1 aliphatic carbocycles. The zero-order chi connectivity index (χ0) is 21.1. The highest BCUT2D eigenvalue weighted by Crippen LogP contribution is 2.21. The molecule has 1 fully saturated rings. The number of benzene rings is 1. The number of carbonyl (C=O) groups excluding carboxylic acids is 2. The summed E-state index contributed by atoms with van der Waals surface area (Å²) in [5, 5.41) is 10.8. The smallest absolute Gasteiger partial charge is 0.272 e. The van der Waals surface area contributed by atoms with Crippen LogP contribution in [0.2, 0.25) is 0 Å². The predicted octanol–water partition coefficient (Wildman–Crippen LogP) is 2.90. The van der Waals surface area contributed by atoms with Gasteiger partial charge >= 0.3 is 0 Å². The predicted molar refractivity (Wildman–Crippen MR) is 115 cm³/mol. The Labute approximate surface area is 178 Å². The maximum atomic E-state index is 12.3. The standard InChI is InChI=1S/C21H22N6O2S/c1-13-4-3-5-16(14(13)2)25-19(28)11-30-20-10-18(22-12-23-20)27-9-8-17(26-27)21(29)24-15-6-7-15/h3-5,8-10,12,15H,6-7,11H2,1-2H3,(H,24,29)(H,25,28). The van der Waals surface area contributed by atoms with E-state index in [0.29, 0.717) is 16.5 Å². The van der Waals surface area contributed by atoms with E-state index in [1.807, 2.05) is 32.0 Å². The summed E-state index contributed by atoms with van der Waals surface area (Å²) in [6.45, 7) is 4.00. The number of anilines is 1. The van der Waals surface area contributed by atoms with Crippen molar-refractivity contribution in [3.8, 4) is 5.82 Å². The Balaban J connectivity index is 1.37. The number of hydrogen-bond donors (Lipinski definition) is 2. The highest BCUT2D eigenvalue weighted by Gasteiger charge is 2.24. The summed E-state index contributed by atoms with van der Waals surface area (Å²) < 4.78 is 1.53. The first-order chi connectivity index (χ1) is 14.5. The Morgan fingerprint density at radius 3 is 2.83 bits per heavy atom. The fraction of sp³-hybridized carbons (Fsp3) is 0.286. The lowest BCUT2D eigenvalue weighted by Crippen LogP contribution is -2.25. The largest absolute Gasteiger partial charge is 0.348 e. The van der Waals surface area contributed by atoms with Crippen molar-refractivity contribution in [1.82, 2.24) is 25.1 Å². The number of aromatic nitrogens is 4. The minimum absolute atomic E-state index is 0.105. The Kier molecular flexibility index (Phi) is 5.80. The van der Waals surface area contributed by atoms with E-state index in [4.69, 9.17) is 0 Å². The van der Waals surface area contributed by atoms with E-state index in [1.54, 1.807) is 18.3 Å². The summed E-state index contributed by atoms with van der Waals surface area (Å²) in [4.78, 5) is 32.9. The third kappa shape index (κ3) is 4.85. The molecule has 0 bridgehead atoms. The number of hydrogen-bond acceptors (Lipinski definition) is 6. The summed E-state index contributed by atoms with van der Waals surface area (Å²) in [7, 11) is 0. The van der Waals surface area contributed by atoms with Gasteiger partial charge in [-0.25, -0.2) is 14.6 Å². The summed E-state index contributed by atoms with van der Waals surface area (Å²) >= 11 is 1.31. The van der Waals surface area contributed by atoms with Crippen LogP contribution in [-0.2, 0) is 4.79 Å². The molecule has 2 aromatic heterocycles. The molecule has 2 amide bonds. The number of amides is 2. The maximum Gasteiger partial charge on any atom is 0.272 e. The average molecular weight is 423 g/mol. The molecule has 0 aliphatic heterocycles. The van der Waals surface area contributed by atoms with Gasteiger partial charge in [0.1, 0.15) is 11.4 Å². The molecular weight excluding hydrogens is 400 g/mol. The molecule has 0 saturated heterocycles. The lowest BCUT2D eigenvalue weighted by atomic mass is 10.1. The zero-order valence-electron chi connectivity index (χ0n) is 16.8. The third-order valence-electron chi connectivity index (χ3n) is 4.83. The van der Waals surface area contributed by atoms with Crippen molar-refractivity contribution in [2.24, 2.45) is 0 Å². The van der Waals surface area contributed by atoms with Gasteiger partial charge in [-0.15, -0.1) is 0 Å². The second kappa shape index (κ2) is 8.66. The molecule has 0 atom stereocenters. The molecule has 1 saturated carbocycles. The van der Waals surface area contributed by atoms with Gasteiger partial charge in [0.15, 0.2) is 11.5 Å². The Morgan fingerprint density at radius 1 is 1.20 bits per heavy atom. The van der Waals surface area contributed by atoms with Gasteiger partial charge in [-0.05, 0) is 49.9 Å². The molecule has 8 nitrogen and oxygen atoms in total. The number of carbonyl (C=O) groups is 2. The van der Waals surface area contributed by atoms with Gasteiger partial charge in [-0.1, -0.05) is 23.9 Å². The van der Waals surface area contributed by atoms with E-state index in [2.05, 4.69) is 25.7 Å². The normalized spacial score (nSPS) is 13.1. The number of nitrogens with one attached hydrogen (secondary N) is 2. The Hall–Kier alpha value is -3.20. The first-order valence-corrected chi connectivity index (χ1v) is 10.7. The molecule has 3 aromatic rings. The van der Waals surface area contributed by atoms with Gasteiger partial charge in [0.2, 0.25) is 5.91 Å². The van der Waals surface area contributed by atoms with Crippen LogP contribution in [0.25, 0.3) is 5.82 Å². The van der Waals surface area contributed by atoms with E-state index >= 15 is 0 Å². The van der Waals surface area contributed by atoms with E-state index in [-0.39, 0.29) is 23.6 Å². The number of nitrogens with zero attached hydrogens (tertiary/aromatic N) is 4. The molecule has 1 aliphatic rings. The van der Waals surface area contributed by atoms with Crippen LogP contribution in [-0.4, -0.2) is 43.4 Å². The van der Waals surface area contributed by atoms with Crippen LogP contribution in [0, 0.1) is 13.8 Å². The first kappa shape index (κ1) is 20.1. The lowest BCUT2D eigenvalue weighted by Gasteiger charge is -2.10. The van der Waals surface area contributed by atoms with Crippen molar-refractivity contribution in [3.05, 3.63) is 59.7 Å². The Bertz CT molecular complexity index is 1090. The number of rotatable bonds is 7. The van der Waals surface area contributed by atoms with Gasteiger partial charge in [0, 0.05) is 24.0 Å². The molecule has 2 heterocycles. The van der Waals surface area contributed by atoms with E-state index in [0.717, 1.165) is 29.7 Å². The molecule has 4 rings (SSSR count). The Morgan fingerprint density at radius 2 is 2.03 bits per heavy atom. The van der Waals surface area contributed by atoms with Crippen molar-refractivity contribution < 1.29 is 9.59 Å². The zero-order valence-corrected chi connectivity index (χ0v) is 17.6. The van der Waals surface area contributed by atoms with Crippen LogP contribution < -0.4 is 10.6 Å². The van der Waals surface area contributed by atoms with Gasteiger partial charge in [0.25, 0.3) is 5.91 Å². The molecule has 0 unspecified atom stereocenters. The van der Waals surface area contributed by atoms with E-state index < -0.39 is 0 Å². The SMILES string of the molecule is Cc1cccc(NC(=O)CSc2cc(-n3ccc(C(=O)NC4CC4)n3)ncn2)c1C. The van der Waals surface area contributed by atoms with Crippen LogP contribution in [0.15, 0.2) is 47.9 Å². The maximum absolute atomic E-state index is 12.3. The summed E-state index contributed by atoms with van der Waals surface area (Å²) in [5.74, 6) is 0.473. The molecule has 30 heavy (non-hydrogen) atoms. The topological polar surface area (TPSA) is 102 Å². The van der Waals surface area contributed by atoms with Crippen LogP contribution in [0.3, 0.4) is 0 Å². The number of aryl methyl sites for hydroxylation is 1. The molecule has 154 valence electrons. The summed E-state index contributed by atoms with van der Waals surface area (Å²) in [6.07, 6.45) is 5.16. The molecule has 1 aromatic carbocycles. The van der Waals surface area contributed by atoms with Crippen LogP contribution in [0.4, 0.5) is 5.69 Å². The first-order valence-electron chi connectivity index (χ1n) is 9.67. The van der Waals surface area contributed by atoms with Crippen molar-refractivity contribution in [2.75, 3.05) is 11.1 Å². The number of thioether (sulfide) groups is 1. The van der Waals surface area contributed by atoms with Gasteiger partial charge in [-0.3, -0.25) is 9.59 Å². The second-order valence-electron chi connectivity index (χ2n) is 7.19. The van der Waals surface area contributed by atoms with Crippen LogP contribution in [0.1, 0.15) is 34.5 Å². The minimum Gasteiger partial charge on any atom is -0.348 e. The highest BCUT2D eigenvalue weighted by atomic mass is 32.2. The quantitative estimate of drug-likeness (QED) is 0.448. The van der Waals surface area contributed by atoms with E-state index in [1.165, 1.54) is 22.8 Å². The molecule has 0 spiro atoms. The second-order valence-corrected chi connectivity index (χ2v) is 8.19. The third-order valence-corrected chi connectivity index (χ3v) is 5.75. The summed E-state index contributed by atoms with van der Waals surface area (Å²) in [5.41, 5.74) is 3.35. The van der Waals surface area contributed by atoms with Crippen molar-refractivity contribution >= 4 is 29.3 Å².